The van der Waals surface area contributed by atoms with Crippen LogP contribution < -0.4 is 5.32 Å². The molecule has 0 aromatic carbocycles. The van der Waals surface area contributed by atoms with Crippen LogP contribution >= 0.6 is 0 Å². The van der Waals surface area contributed by atoms with E-state index in [1.54, 1.807) is 0 Å². The first-order chi connectivity index (χ1) is 9.30. The number of hydrogen-bond acceptors (Lipinski definition) is 5. The summed E-state index contributed by atoms with van der Waals surface area (Å²) in [7, 11) is 2.05. The zero-order valence-electron chi connectivity index (χ0n) is 13.7. The molecule has 5 nitrogen and oxygen atoms in total. The van der Waals surface area contributed by atoms with Crippen molar-refractivity contribution in [3.05, 3.63) is 0 Å². The lowest BCUT2D eigenvalue weighted by Crippen LogP contribution is -2.60. The molecule has 1 saturated heterocycles. The van der Waals surface area contributed by atoms with Crippen molar-refractivity contribution in [3.8, 4) is 0 Å². The van der Waals surface area contributed by atoms with Crippen LogP contribution in [-0.2, 0) is 14.3 Å². The van der Waals surface area contributed by atoms with Gasteiger partial charge in [0, 0.05) is 25.2 Å². The molecule has 1 rings (SSSR count). The monoisotopic (exact) mass is 286 g/mol. The molecule has 0 saturated carbocycles. The van der Waals surface area contributed by atoms with E-state index in [1.807, 2.05) is 27.7 Å². The van der Waals surface area contributed by atoms with Crippen molar-refractivity contribution in [1.29, 1.82) is 0 Å². The Morgan fingerprint density at radius 2 is 2.20 bits per heavy atom. The summed E-state index contributed by atoms with van der Waals surface area (Å²) in [5, 5.41) is 3.35. The fourth-order valence-electron chi connectivity index (χ4n) is 3.01. The number of rotatable bonds is 7. The van der Waals surface area contributed by atoms with Gasteiger partial charge < -0.3 is 9.47 Å². The second-order valence-corrected chi connectivity index (χ2v) is 6.20. The highest BCUT2D eigenvalue weighted by Gasteiger charge is 2.39. The van der Waals surface area contributed by atoms with Crippen LogP contribution in [0, 0.1) is 0 Å². The lowest BCUT2D eigenvalue weighted by molar-refractivity contribution is -0.152. The summed E-state index contributed by atoms with van der Waals surface area (Å²) in [6.45, 7) is 11.7. The van der Waals surface area contributed by atoms with Crippen LogP contribution in [0.25, 0.3) is 0 Å². The lowest BCUT2D eigenvalue weighted by Gasteiger charge is -2.37. The van der Waals surface area contributed by atoms with Crippen LogP contribution in [0.15, 0.2) is 0 Å². The van der Waals surface area contributed by atoms with Gasteiger partial charge in [0.15, 0.2) is 0 Å². The summed E-state index contributed by atoms with van der Waals surface area (Å²) in [6, 6.07) is 0.577. The molecule has 0 aromatic heterocycles. The Hall–Kier alpha value is -0.650. The maximum atomic E-state index is 12.3. The molecule has 3 atom stereocenters. The van der Waals surface area contributed by atoms with Crippen LogP contribution in [0.3, 0.4) is 0 Å². The number of esters is 1. The van der Waals surface area contributed by atoms with Crippen molar-refractivity contribution >= 4 is 5.97 Å². The molecule has 0 bridgehead atoms. The van der Waals surface area contributed by atoms with E-state index < -0.39 is 5.54 Å². The van der Waals surface area contributed by atoms with Gasteiger partial charge in [0.05, 0.1) is 12.7 Å². The minimum absolute atomic E-state index is 0.188. The number of ether oxygens (including phenoxy) is 2. The molecule has 1 fully saturated rings. The van der Waals surface area contributed by atoms with Gasteiger partial charge in [-0.25, -0.2) is 0 Å². The molecular formula is C15H30N2O3. The van der Waals surface area contributed by atoms with Crippen molar-refractivity contribution in [2.24, 2.45) is 0 Å². The third kappa shape index (κ3) is 4.43. The zero-order chi connectivity index (χ0) is 15.3. The van der Waals surface area contributed by atoms with E-state index in [1.165, 1.54) is 0 Å². The normalized spacial score (nSPS) is 26.0. The van der Waals surface area contributed by atoms with Gasteiger partial charge in [0.1, 0.15) is 5.54 Å². The molecule has 20 heavy (non-hydrogen) atoms. The van der Waals surface area contributed by atoms with Gasteiger partial charge in [-0.1, -0.05) is 0 Å². The molecule has 0 aromatic rings. The quantitative estimate of drug-likeness (QED) is 0.717. The molecular weight excluding hydrogens is 256 g/mol. The van der Waals surface area contributed by atoms with Crippen LogP contribution in [0.5, 0.6) is 0 Å². The van der Waals surface area contributed by atoms with Gasteiger partial charge in [0.2, 0.25) is 0 Å². The predicted octanol–water partition coefficient (Wildman–Crippen LogP) is 1.42. The second-order valence-electron chi connectivity index (χ2n) is 6.20. The molecule has 1 aliphatic rings. The van der Waals surface area contributed by atoms with Gasteiger partial charge in [0.25, 0.3) is 0 Å². The Balaban J connectivity index is 2.75. The topological polar surface area (TPSA) is 50.8 Å². The second kappa shape index (κ2) is 7.38. The fraction of sp³-hybridized carbons (Fsp3) is 0.933. The Morgan fingerprint density at radius 1 is 1.55 bits per heavy atom. The number of nitrogens with zero attached hydrogens (tertiary/aromatic N) is 1. The molecule has 0 amide bonds. The van der Waals surface area contributed by atoms with E-state index >= 15 is 0 Å². The van der Waals surface area contributed by atoms with Gasteiger partial charge in [-0.15, -0.1) is 0 Å². The van der Waals surface area contributed by atoms with Crippen molar-refractivity contribution in [3.63, 3.8) is 0 Å². The third-order valence-electron chi connectivity index (χ3n) is 3.80. The number of likely N-dealkylation sites (N-methyl/N-ethyl adjacent to an activating group) is 1. The zero-order valence-corrected chi connectivity index (χ0v) is 13.7. The van der Waals surface area contributed by atoms with Crippen molar-refractivity contribution in [1.82, 2.24) is 10.2 Å². The molecule has 1 N–H and O–H groups in total. The summed E-state index contributed by atoms with van der Waals surface area (Å²) >= 11 is 0. The summed E-state index contributed by atoms with van der Waals surface area (Å²) in [6.07, 6.45) is 1.23. The van der Waals surface area contributed by atoms with Crippen LogP contribution in [0.1, 0.15) is 41.0 Å². The van der Waals surface area contributed by atoms with Crippen molar-refractivity contribution in [2.45, 2.75) is 64.8 Å². The third-order valence-corrected chi connectivity index (χ3v) is 3.80. The largest absolute Gasteiger partial charge is 0.465 e. The SMILES string of the molecule is CCOC(=O)C(C)(CN(C)C1CCOC1C)NC(C)C. The molecule has 0 aliphatic carbocycles. The molecule has 1 heterocycles. The smallest absolute Gasteiger partial charge is 0.327 e. The highest BCUT2D eigenvalue weighted by molar-refractivity contribution is 5.80. The van der Waals surface area contributed by atoms with Crippen LogP contribution in [0.4, 0.5) is 0 Å². The minimum atomic E-state index is -0.693. The average Bonchev–Trinajstić information content (AvgIpc) is 2.74. The predicted molar refractivity (Wildman–Crippen MR) is 79.8 cm³/mol. The highest BCUT2D eigenvalue weighted by atomic mass is 16.5. The molecule has 3 unspecified atom stereocenters. The van der Waals surface area contributed by atoms with Crippen LogP contribution in [0.2, 0.25) is 0 Å². The molecule has 5 heteroatoms. The first-order valence-corrected chi connectivity index (χ1v) is 7.57. The number of carbonyl (C=O) groups is 1. The Morgan fingerprint density at radius 3 is 2.65 bits per heavy atom. The Bertz CT molecular complexity index is 322. The maximum Gasteiger partial charge on any atom is 0.327 e. The summed E-state index contributed by atoms with van der Waals surface area (Å²) in [5.74, 6) is -0.188. The lowest BCUT2D eigenvalue weighted by atomic mass is 9.98. The van der Waals surface area contributed by atoms with Crippen molar-refractivity contribution < 1.29 is 14.3 Å². The highest BCUT2D eigenvalue weighted by Crippen LogP contribution is 2.21. The number of hydrogen-bond donors (Lipinski definition) is 1. The standard InChI is InChI=1S/C15H30N2O3/c1-7-19-14(18)15(5,16-11(2)3)10-17(6)13-8-9-20-12(13)4/h11-13,16H,7-10H2,1-6H3. The van der Waals surface area contributed by atoms with Gasteiger partial charge >= 0.3 is 5.97 Å². The maximum absolute atomic E-state index is 12.3. The summed E-state index contributed by atoms with van der Waals surface area (Å²) in [4.78, 5) is 14.5. The summed E-state index contributed by atoms with van der Waals surface area (Å²) < 4.78 is 10.9. The first-order valence-electron chi connectivity index (χ1n) is 7.57. The number of carbonyl (C=O) groups excluding carboxylic acids is 1. The first kappa shape index (κ1) is 17.4. The van der Waals surface area contributed by atoms with E-state index in [2.05, 4.69) is 24.2 Å². The molecule has 1 aliphatic heterocycles. The van der Waals surface area contributed by atoms with Gasteiger partial charge in [-0.3, -0.25) is 15.0 Å². The minimum Gasteiger partial charge on any atom is -0.465 e. The van der Waals surface area contributed by atoms with E-state index in [-0.39, 0.29) is 18.1 Å². The Labute approximate surface area is 123 Å². The van der Waals surface area contributed by atoms with E-state index in [4.69, 9.17) is 9.47 Å². The Kier molecular flexibility index (Phi) is 6.43. The van der Waals surface area contributed by atoms with E-state index in [0.717, 1.165) is 13.0 Å². The van der Waals surface area contributed by atoms with Crippen molar-refractivity contribution in [2.75, 3.05) is 26.8 Å². The number of nitrogens with one attached hydrogen (secondary N) is 1. The van der Waals surface area contributed by atoms with E-state index in [9.17, 15) is 4.79 Å². The molecule has 118 valence electrons. The molecule has 0 spiro atoms. The van der Waals surface area contributed by atoms with Gasteiger partial charge in [-0.2, -0.15) is 0 Å². The fourth-order valence-corrected chi connectivity index (χ4v) is 3.01. The van der Waals surface area contributed by atoms with Crippen LogP contribution in [-0.4, -0.2) is 61.4 Å². The van der Waals surface area contributed by atoms with E-state index in [0.29, 0.717) is 19.2 Å². The average molecular weight is 286 g/mol. The molecule has 0 radical (unpaired) electrons. The van der Waals surface area contributed by atoms with Gasteiger partial charge in [-0.05, 0) is 48.1 Å². The summed E-state index contributed by atoms with van der Waals surface area (Å²) in [5.41, 5.74) is -0.693.